The summed E-state index contributed by atoms with van der Waals surface area (Å²) in [6, 6.07) is 8.23. The third-order valence-corrected chi connectivity index (χ3v) is 5.00. The lowest BCUT2D eigenvalue weighted by molar-refractivity contribution is 0.0243. The maximum Gasteiger partial charge on any atom is 0.191 e. The molecule has 1 aromatic rings. The summed E-state index contributed by atoms with van der Waals surface area (Å²) in [5.41, 5.74) is 1.05. The molecule has 25 heavy (non-hydrogen) atoms. The monoisotopic (exact) mass is 345 g/mol. The highest BCUT2D eigenvalue weighted by atomic mass is 16.5. The first-order valence-corrected chi connectivity index (χ1v) is 9.59. The third kappa shape index (κ3) is 5.11. The van der Waals surface area contributed by atoms with E-state index in [-0.39, 0.29) is 5.60 Å². The van der Waals surface area contributed by atoms with Gasteiger partial charge in [-0.05, 0) is 52.0 Å². The van der Waals surface area contributed by atoms with Gasteiger partial charge in [-0.3, -0.25) is 0 Å². The van der Waals surface area contributed by atoms with E-state index in [1.807, 2.05) is 12.1 Å². The van der Waals surface area contributed by atoms with Gasteiger partial charge in [-0.2, -0.15) is 0 Å². The van der Waals surface area contributed by atoms with E-state index < -0.39 is 0 Å². The van der Waals surface area contributed by atoms with E-state index in [1.165, 1.54) is 19.3 Å². The van der Waals surface area contributed by atoms with E-state index >= 15 is 0 Å². The predicted octanol–water partition coefficient (Wildman–Crippen LogP) is 3.24. The van der Waals surface area contributed by atoms with Crippen molar-refractivity contribution in [3.63, 3.8) is 0 Å². The van der Waals surface area contributed by atoms with Crippen LogP contribution >= 0.6 is 0 Å². The largest absolute Gasteiger partial charge is 0.490 e. The molecule has 2 N–H and O–H groups in total. The molecule has 1 aliphatic heterocycles. The molecule has 2 fully saturated rings. The summed E-state index contributed by atoms with van der Waals surface area (Å²) in [6.07, 6.45) is 6.23. The van der Waals surface area contributed by atoms with Crippen molar-refractivity contribution in [3.05, 3.63) is 29.8 Å². The summed E-state index contributed by atoms with van der Waals surface area (Å²) >= 11 is 0. The summed E-state index contributed by atoms with van der Waals surface area (Å²) < 4.78 is 11.9. The first-order chi connectivity index (χ1) is 12.2. The van der Waals surface area contributed by atoms with Crippen molar-refractivity contribution in [3.8, 4) is 5.75 Å². The summed E-state index contributed by atoms with van der Waals surface area (Å²) in [7, 11) is 0. The number of benzene rings is 1. The van der Waals surface area contributed by atoms with Crippen molar-refractivity contribution in [2.24, 2.45) is 4.99 Å². The molecule has 1 saturated heterocycles. The van der Waals surface area contributed by atoms with Crippen LogP contribution in [0.4, 0.5) is 0 Å². The zero-order chi connectivity index (χ0) is 17.5. The molecule has 5 nitrogen and oxygen atoms in total. The second-order valence-corrected chi connectivity index (χ2v) is 7.23. The lowest BCUT2D eigenvalue weighted by Gasteiger charge is -2.27. The number of hydrogen-bond acceptors (Lipinski definition) is 3. The van der Waals surface area contributed by atoms with Crippen molar-refractivity contribution in [2.45, 2.75) is 64.2 Å². The average molecular weight is 345 g/mol. The van der Waals surface area contributed by atoms with Crippen LogP contribution in [0.25, 0.3) is 0 Å². The number of hydrogen-bond donors (Lipinski definition) is 2. The number of para-hydroxylation sites is 1. The van der Waals surface area contributed by atoms with Gasteiger partial charge in [0, 0.05) is 25.3 Å². The molecule has 0 aromatic heterocycles. The molecule has 1 atom stereocenters. The van der Waals surface area contributed by atoms with Crippen molar-refractivity contribution in [1.82, 2.24) is 10.6 Å². The highest BCUT2D eigenvalue weighted by Gasteiger charge is 2.29. The zero-order valence-corrected chi connectivity index (χ0v) is 15.5. The van der Waals surface area contributed by atoms with Crippen LogP contribution in [-0.4, -0.2) is 37.4 Å². The van der Waals surface area contributed by atoms with Crippen LogP contribution in [0.2, 0.25) is 0 Å². The molecule has 5 heteroatoms. The molecule has 1 unspecified atom stereocenters. The van der Waals surface area contributed by atoms with Crippen molar-refractivity contribution in [2.75, 3.05) is 19.7 Å². The Hall–Kier alpha value is -1.75. The van der Waals surface area contributed by atoms with Crippen LogP contribution in [0, 0.1) is 0 Å². The maximum atomic E-state index is 6.10. The normalized spacial score (nSPS) is 24.0. The zero-order valence-electron chi connectivity index (χ0n) is 15.5. The Balaban J connectivity index is 1.60. The minimum Gasteiger partial charge on any atom is -0.490 e. The van der Waals surface area contributed by atoms with Crippen LogP contribution in [-0.2, 0) is 11.3 Å². The molecule has 138 valence electrons. The molecular formula is C20H31N3O2. The van der Waals surface area contributed by atoms with Crippen LogP contribution in [0.1, 0.15) is 51.5 Å². The summed E-state index contributed by atoms with van der Waals surface area (Å²) in [4.78, 5) is 4.75. The van der Waals surface area contributed by atoms with E-state index in [1.54, 1.807) is 0 Å². The molecule has 2 aliphatic rings. The van der Waals surface area contributed by atoms with E-state index in [2.05, 4.69) is 36.6 Å². The Morgan fingerprint density at radius 1 is 1.28 bits per heavy atom. The fourth-order valence-electron chi connectivity index (χ4n) is 3.17. The lowest BCUT2D eigenvalue weighted by atomic mass is 9.96. The van der Waals surface area contributed by atoms with E-state index in [0.717, 1.165) is 49.8 Å². The fraction of sp³-hybridized carbons (Fsp3) is 0.650. The Morgan fingerprint density at radius 2 is 2.12 bits per heavy atom. The maximum absolute atomic E-state index is 6.10. The van der Waals surface area contributed by atoms with Gasteiger partial charge in [0.05, 0.1) is 18.2 Å². The van der Waals surface area contributed by atoms with Crippen molar-refractivity contribution < 1.29 is 9.47 Å². The number of guanidine groups is 1. The summed E-state index contributed by atoms with van der Waals surface area (Å²) in [6.45, 7) is 7.33. The van der Waals surface area contributed by atoms with Gasteiger partial charge >= 0.3 is 0 Å². The van der Waals surface area contributed by atoms with Crippen LogP contribution in [0.5, 0.6) is 5.75 Å². The number of rotatable bonds is 7. The highest BCUT2D eigenvalue weighted by Crippen LogP contribution is 2.28. The quantitative estimate of drug-likeness (QED) is 0.588. The van der Waals surface area contributed by atoms with Gasteiger partial charge in [0.25, 0.3) is 0 Å². The highest BCUT2D eigenvalue weighted by molar-refractivity contribution is 5.79. The molecule has 1 heterocycles. The van der Waals surface area contributed by atoms with E-state index in [4.69, 9.17) is 14.5 Å². The number of ether oxygens (including phenoxy) is 2. The van der Waals surface area contributed by atoms with Gasteiger partial charge in [-0.25, -0.2) is 4.99 Å². The van der Waals surface area contributed by atoms with E-state index in [0.29, 0.717) is 12.6 Å². The first kappa shape index (κ1) is 18.1. The Bertz CT molecular complexity index is 578. The number of nitrogens with zero attached hydrogens (tertiary/aromatic N) is 1. The molecule has 0 spiro atoms. The Morgan fingerprint density at radius 3 is 2.80 bits per heavy atom. The summed E-state index contributed by atoms with van der Waals surface area (Å²) in [5.74, 6) is 1.80. The van der Waals surface area contributed by atoms with Gasteiger partial charge in [-0.15, -0.1) is 0 Å². The first-order valence-electron chi connectivity index (χ1n) is 9.59. The topological polar surface area (TPSA) is 54.9 Å². The molecule has 0 bridgehead atoms. The molecular weight excluding hydrogens is 314 g/mol. The van der Waals surface area contributed by atoms with Gasteiger partial charge < -0.3 is 20.1 Å². The third-order valence-electron chi connectivity index (χ3n) is 5.00. The number of aliphatic imine (C=N–C) groups is 1. The Kier molecular flexibility index (Phi) is 6.19. The van der Waals surface area contributed by atoms with Crippen molar-refractivity contribution >= 4 is 5.96 Å². The molecule has 0 radical (unpaired) electrons. The van der Waals surface area contributed by atoms with Gasteiger partial charge in [0.15, 0.2) is 5.96 Å². The van der Waals surface area contributed by atoms with E-state index in [9.17, 15) is 0 Å². The standard InChI is InChI=1S/C20H31N3O2/c1-3-21-19(23-15-20(2)12-7-13-24-20)22-14-16-8-4-5-11-18(16)25-17-9-6-10-17/h4-5,8,11,17H,3,6-7,9-10,12-15H2,1-2H3,(H2,21,22,23). The lowest BCUT2D eigenvalue weighted by Crippen LogP contribution is -2.45. The summed E-state index contributed by atoms with van der Waals surface area (Å²) in [5, 5.41) is 6.75. The van der Waals surface area contributed by atoms with Gasteiger partial charge in [0.1, 0.15) is 5.75 Å². The molecule has 1 aromatic carbocycles. The molecule has 1 aliphatic carbocycles. The van der Waals surface area contributed by atoms with Crippen LogP contribution in [0.15, 0.2) is 29.3 Å². The fourth-order valence-corrected chi connectivity index (χ4v) is 3.17. The molecule has 3 rings (SSSR count). The average Bonchev–Trinajstić information content (AvgIpc) is 3.01. The van der Waals surface area contributed by atoms with Crippen LogP contribution in [0.3, 0.4) is 0 Å². The second kappa shape index (κ2) is 8.56. The SMILES string of the molecule is CCNC(=NCc1ccccc1OC1CCC1)NCC1(C)CCCO1. The smallest absolute Gasteiger partial charge is 0.191 e. The molecule has 0 amide bonds. The number of nitrogens with one attached hydrogen (secondary N) is 2. The Labute approximate surface area is 151 Å². The molecule has 1 saturated carbocycles. The predicted molar refractivity (Wildman–Crippen MR) is 101 cm³/mol. The minimum absolute atomic E-state index is 0.0819. The van der Waals surface area contributed by atoms with Crippen molar-refractivity contribution in [1.29, 1.82) is 0 Å². The van der Waals surface area contributed by atoms with Gasteiger partial charge in [0.2, 0.25) is 0 Å². The van der Waals surface area contributed by atoms with Crippen LogP contribution < -0.4 is 15.4 Å². The minimum atomic E-state index is -0.0819. The second-order valence-electron chi connectivity index (χ2n) is 7.23. The van der Waals surface area contributed by atoms with Gasteiger partial charge in [-0.1, -0.05) is 18.2 Å².